The van der Waals surface area contributed by atoms with Gasteiger partial charge in [-0.05, 0) is 42.8 Å². The van der Waals surface area contributed by atoms with Crippen LogP contribution in [-0.4, -0.2) is 38.7 Å². The van der Waals surface area contributed by atoms with E-state index < -0.39 is 10.0 Å². The van der Waals surface area contributed by atoms with Crippen LogP contribution in [0.3, 0.4) is 0 Å². The van der Waals surface area contributed by atoms with Gasteiger partial charge >= 0.3 is 0 Å². The van der Waals surface area contributed by atoms with Gasteiger partial charge in [-0.25, -0.2) is 12.8 Å². The van der Waals surface area contributed by atoms with E-state index in [9.17, 15) is 12.8 Å². The highest BCUT2D eigenvalue weighted by Crippen LogP contribution is 2.35. The van der Waals surface area contributed by atoms with E-state index in [0.29, 0.717) is 30.2 Å². The van der Waals surface area contributed by atoms with Gasteiger partial charge in [0.25, 0.3) is 0 Å². The summed E-state index contributed by atoms with van der Waals surface area (Å²) >= 11 is 0. The third kappa shape index (κ3) is 3.14. The van der Waals surface area contributed by atoms with Crippen molar-refractivity contribution in [3.63, 3.8) is 0 Å². The molecule has 2 aromatic rings. The Labute approximate surface area is 144 Å². The van der Waals surface area contributed by atoms with Crippen molar-refractivity contribution in [2.45, 2.75) is 17.4 Å². The molecule has 1 saturated heterocycles. The Hall–Kier alpha value is -2.32. The molecule has 2 aromatic carbocycles. The Morgan fingerprint density at radius 3 is 2.64 bits per heavy atom. The van der Waals surface area contributed by atoms with Gasteiger partial charge in [0, 0.05) is 12.6 Å². The van der Waals surface area contributed by atoms with Gasteiger partial charge in [-0.3, -0.25) is 0 Å². The van der Waals surface area contributed by atoms with E-state index >= 15 is 0 Å². The summed E-state index contributed by atoms with van der Waals surface area (Å²) < 4.78 is 56.1. The van der Waals surface area contributed by atoms with E-state index in [1.165, 1.54) is 40.7 Å². The first-order chi connectivity index (χ1) is 12.0. The second kappa shape index (κ2) is 6.20. The molecule has 2 heterocycles. The monoisotopic (exact) mass is 365 g/mol. The van der Waals surface area contributed by atoms with Crippen LogP contribution in [-0.2, 0) is 10.0 Å². The Balaban J connectivity index is 1.47. The lowest BCUT2D eigenvalue weighted by molar-refractivity contribution is 0.174. The number of sulfonamides is 1. The highest BCUT2D eigenvalue weighted by atomic mass is 32.2. The Morgan fingerprint density at radius 2 is 1.84 bits per heavy atom. The van der Waals surface area contributed by atoms with Crippen LogP contribution in [0.15, 0.2) is 47.4 Å². The normalized spacial score (nSPS) is 20.0. The fraction of sp³-hybridized carbons (Fsp3) is 0.294. The summed E-state index contributed by atoms with van der Waals surface area (Å²) in [6, 6.07) is 10.3. The second-order valence-electron chi connectivity index (χ2n) is 5.86. The molecule has 0 unspecified atom stereocenters. The SMILES string of the molecule is O=S(=O)(c1ccc2c(c1)OCO2)N1CC[C@H](Oc2ccc(F)cc2)C1. The summed E-state index contributed by atoms with van der Waals surface area (Å²) in [5, 5.41) is 0. The summed E-state index contributed by atoms with van der Waals surface area (Å²) in [7, 11) is -3.63. The molecule has 25 heavy (non-hydrogen) atoms. The largest absolute Gasteiger partial charge is 0.489 e. The third-order valence-corrected chi connectivity index (χ3v) is 6.07. The predicted octanol–water partition coefficient (Wildman–Crippen LogP) is 2.40. The molecular weight excluding hydrogens is 349 g/mol. The van der Waals surface area contributed by atoms with Gasteiger partial charge in [0.2, 0.25) is 16.8 Å². The van der Waals surface area contributed by atoms with Crippen LogP contribution in [0.1, 0.15) is 6.42 Å². The number of halogens is 1. The quantitative estimate of drug-likeness (QED) is 0.832. The average molecular weight is 365 g/mol. The minimum atomic E-state index is -3.63. The zero-order valence-electron chi connectivity index (χ0n) is 13.2. The fourth-order valence-corrected chi connectivity index (χ4v) is 4.41. The molecule has 2 aliphatic heterocycles. The maximum absolute atomic E-state index is 12.9. The van der Waals surface area contributed by atoms with E-state index in [2.05, 4.69) is 0 Å². The first-order valence-electron chi connectivity index (χ1n) is 7.84. The van der Waals surface area contributed by atoms with Crippen LogP contribution in [0.5, 0.6) is 17.2 Å². The Kier molecular flexibility index (Phi) is 4.01. The molecule has 0 N–H and O–H groups in total. The minimum absolute atomic E-state index is 0.0934. The molecule has 0 amide bonds. The molecule has 0 radical (unpaired) electrons. The number of hydrogen-bond acceptors (Lipinski definition) is 5. The molecule has 2 aliphatic rings. The lowest BCUT2D eigenvalue weighted by Gasteiger charge is -2.17. The summed E-state index contributed by atoms with van der Waals surface area (Å²) in [6.45, 7) is 0.701. The lowest BCUT2D eigenvalue weighted by atomic mass is 10.3. The Bertz CT molecular complexity index is 884. The molecule has 0 spiro atoms. The van der Waals surface area contributed by atoms with E-state index in [1.807, 2.05) is 0 Å². The maximum atomic E-state index is 12.9. The van der Waals surface area contributed by atoms with Gasteiger partial charge in [-0.15, -0.1) is 0 Å². The number of hydrogen-bond donors (Lipinski definition) is 0. The van der Waals surface area contributed by atoms with Crippen LogP contribution in [0.25, 0.3) is 0 Å². The first-order valence-corrected chi connectivity index (χ1v) is 9.28. The van der Waals surface area contributed by atoms with Crippen molar-refractivity contribution in [1.82, 2.24) is 4.31 Å². The number of ether oxygens (including phenoxy) is 3. The van der Waals surface area contributed by atoms with Crippen molar-refractivity contribution >= 4 is 10.0 Å². The molecule has 0 bridgehead atoms. The molecule has 132 valence electrons. The smallest absolute Gasteiger partial charge is 0.243 e. The number of nitrogens with zero attached hydrogens (tertiary/aromatic N) is 1. The van der Waals surface area contributed by atoms with Crippen molar-refractivity contribution in [2.24, 2.45) is 0 Å². The molecule has 1 atom stereocenters. The molecule has 0 saturated carbocycles. The van der Waals surface area contributed by atoms with Gasteiger partial charge in [0.05, 0.1) is 11.4 Å². The van der Waals surface area contributed by atoms with Crippen molar-refractivity contribution in [2.75, 3.05) is 19.9 Å². The van der Waals surface area contributed by atoms with Crippen LogP contribution in [0.4, 0.5) is 4.39 Å². The van der Waals surface area contributed by atoms with Crippen molar-refractivity contribution in [3.8, 4) is 17.2 Å². The fourth-order valence-electron chi connectivity index (χ4n) is 2.90. The van der Waals surface area contributed by atoms with E-state index in [-0.39, 0.29) is 30.2 Å². The van der Waals surface area contributed by atoms with Gasteiger partial charge in [0.15, 0.2) is 11.5 Å². The van der Waals surface area contributed by atoms with Crippen LogP contribution < -0.4 is 14.2 Å². The lowest BCUT2D eigenvalue weighted by Crippen LogP contribution is -2.31. The zero-order valence-corrected chi connectivity index (χ0v) is 14.0. The zero-order chi connectivity index (χ0) is 17.4. The minimum Gasteiger partial charge on any atom is -0.489 e. The van der Waals surface area contributed by atoms with Gasteiger partial charge in [-0.1, -0.05) is 0 Å². The molecule has 0 aliphatic carbocycles. The third-order valence-electron chi connectivity index (χ3n) is 4.21. The van der Waals surface area contributed by atoms with Crippen molar-refractivity contribution < 1.29 is 27.0 Å². The number of benzene rings is 2. The summed E-state index contributed by atoms with van der Waals surface area (Å²) in [4.78, 5) is 0.166. The molecule has 8 heteroatoms. The summed E-state index contributed by atoms with van der Waals surface area (Å²) in [5.74, 6) is 1.15. The Morgan fingerprint density at radius 1 is 1.08 bits per heavy atom. The second-order valence-corrected chi connectivity index (χ2v) is 7.80. The van der Waals surface area contributed by atoms with E-state index in [4.69, 9.17) is 14.2 Å². The van der Waals surface area contributed by atoms with E-state index in [1.54, 1.807) is 6.07 Å². The topological polar surface area (TPSA) is 65.1 Å². The summed E-state index contributed by atoms with van der Waals surface area (Å²) in [6.07, 6.45) is 0.301. The average Bonchev–Trinajstić information content (AvgIpc) is 3.25. The highest BCUT2D eigenvalue weighted by Gasteiger charge is 2.34. The molecule has 4 rings (SSSR count). The maximum Gasteiger partial charge on any atom is 0.243 e. The number of fused-ring (bicyclic) bond motifs is 1. The molecule has 6 nitrogen and oxygen atoms in total. The van der Waals surface area contributed by atoms with Gasteiger partial charge in [-0.2, -0.15) is 4.31 Å². The van der Waals surface area contributed by atoms with Crippen molar-refractivity contribution in [1.29, 1.82) is 0 Å². The first kappa shape index (κ1) is 16.2. The molecule has 1 fully saturated rings. The standard InChI is InChI=1S/C17H16FNO5S/c18-12-1-3-13(4-2-12)24-14-7-8-19(10-14)25(20,21)15-5-6-16-17(9-15)23-11-22-16/h1-6,9,14H,7-8,10-11H2/t14-/m0/s1. The number of rotatable bonds is 4. The van der Waals surface area contributed by atoms with Gasteiger partial charge < -0.3 is 14.2 Å². The predicted molar refractivity (Wildman–Crippen MR) is 86.8 cm³/mol. The van der Waals surface area contributed by atoms with Crippen LogP contribution >= 0.6 is 0 Å². The highest BCUT2D eigenvalue weighted by molar-refractivity contribution is 7.89. The molecular formula is C17H16FNO5S. The van der Waals surface area contributed by atoms with Crippen molar-refractivity contribution in [3.05, 3.63) is 48.3 Å². The van der Waals surface area contributed by atoms with Crippen LogP contribution in [0, 0.1) is 5.82 Å². The van der Waals surface area contributed by atoms with Crippen LogP contribution in [0.2, 0.25) is 0 Å². The van der Waals surface area contributed by atoms with Gasteiger partial charge in [0.1, 0.15) is 17.7 Å². The van der Waals surface area contributed by atoms with E-state index in [0.717, 1.165) is 0 Å². The summed E-state index contributed by atoms with van der Waals surface area (Å²) in [5.41, 5.74) is 0. The molecule has 0 aromatic heterocycles.